The number of nitrogens with one attached hydrogen (secondary N) is 2. The molecule has 0 unspecified atom stereocenters. The first kappa shape index (κ1) is 18.1. The summed E-state index contributed by atoms with van der Waals surface area (Å²) in [6.45, 7) is 3.90. The maximum absolute atomic E-state index is 4.65. The number of hydrogen-bond donors (Lipinski definition) is 2. The third-order valence-corrected chi connectivity index (χ3v) is 4.85. The summed E-state index contributed by atoms with van der Waals surface area (Å²) in [7, 11) is 1.95. The summed E-state index contributed by atoms with van der Waals surface area (Å²) in [5.41, 5.74) is 1.06. The maximum atomic E-state index is 4.65. The molecule has 8 heteroatoms. The minimum Gasteiger partial charge on any atom is -0.356 e. The van der Waals surface area contributed by atoms with E-state index >= 15 is 0 Å². The van der Waals surface area contributed by atoms with Gasteiger partial charge in [0.1, 0.15) is 12.4 Å². The topological polar surface area (TPSA) is 80.0 Å². The maximum Gasteiger partial charge on any atom is 0.192 e. The van der Waals surface area contributed by atoms with Crippen molar-refractivity contribution >= 4 is 17.3 Å². The Morgan fingerprint density at radius 1 is 1.19 bits per heavy atom. The number of nitrogens with zero attached hydrogens (tertiary/aromatic N) is 5. The van der Waals surface area contributed by atoms with Gasteiger partial charge < -0.3 is 15.2 Å². The van der Waals surface area contributed by atoms with Gasteiger partial charge in [-0.1, -0.05) is 12.1 Å². The highest BCUT2D eigenvalue weighted by molar-refractivity contribution is 7.09. The van der Waals surface area contributed by atoms with Gasteiger partial charge in [-0.3, -0.25) is 4.98 Å². The predicted molar refractivity (Wildman–Crippen MR) is 104 cm³/mol. The summed E-state index contributed by atoms with van der Waals surface area (Å²) in [4.78, 5) is 10.3. The van der Waals surface area contributed by atoms with Gasteiger partial charge in [0.05, 0.1) is 6.54 Å². The average Bonchev–Trinajstić information content (AvgIpc) is 3.29. The Labute approximate surface area is 157 Å². The van der Waals surface area contributed by atoms with Crippen molar-refractivity contribution in [1.29, 1.82) is 0 Å². The number of guanidine groups is 1. The Kier molecular flexibility index (Phi) is 6.32. The minimum atomic E-state index is 0.473. The van der Waals surface area contributed by atoms with Crippen LogP contribution < -0.4 is 10.6 Å². The second-order valence-corrected chi connectivity index (χ2v) is 6.85. The van der Waals surface area contributed by atoms with Crippen molar-refractivity contribution in [3.8, 4) is 0 Å². The molecule has 0 amide bonds. The number of aliphatic imine (C=N–C) groups is 1. The lowest BCUT2D eigenvalue weighted by atomic mass is 10.3. The number of aromatic nitrogens is 4. The standard InChI is InChI=1S/C18H23N7S/c1-14-23-24-17(25(14)2)13-22-18(21-12-16-7-5-11-26-16)20-10-8-15-6-3-4-9-19-15/h3-7,9,11H,8,10,12-13H2,1-2H3,(H2,20,21,22). The highest BCUT2D eigenvalue weighted by Crippen LogP contribution is 2.07. The molecule has 0 fully saturated rings. The molecule has 2 N–H and O–H groups in total. The van der Waals surface area contributed by atoms with Gasteiger partial charge in [0.2, 0.25) is 0 Å². The zero-order valence-corrected chi connectivity index (χ0v) is 15.8. The van der Waals surface area contributed by atoms with E-state index < -0.39 is 0 Å². The van der Waals surface area contributed by atoms with Crippen LogP contribution in [0.5, 0.6) is 0 Å². The Morgan fingerprint density at radius 3 is 2.81 bits per heavy atom. The van der Waals surface area contributed by atoms with Crippen LogP contribution in [0, 0.1) is 6.92 Å². The molecule has 0 radical (unpaired) electrons. The molecule has 3 heterocycles. The van der Waals surface area contributed by atoms with Crippen LogP contribution in [0.2, 0.25) is 0 Å². The van der Waals surface area contributed by atoms with Gasteiger partial charge in [0, 0.05) is 36.8 Å². The first-order valence-electron chi connectivity index (χ1n) is 8.51. The molecule has 0 spiro atoms. The quantitative estimate of drug-likeness (QED) is 0.492. The third-order valence-electron chi connectivity index (χ3n) is 3.97. The fourth-order valence-electron chi connectivity index (χ4n) is 2.35. The second-order valence-electron chi connectivity index (χ2n) is 5.82. The van der Waals surface area contributed by atoms with Gasteiger partial charge in [-0.15, -0.1) is 21.5 Å². The Bertz CT molecular complexity index is 825. The summed E-state index contributed by atoms with van der Waals surface area (Å²) >= 11 is 1.72. The van der Waals surface area contributed by atoms with E-state index in [0.29, 0.717) is 6.54 Å². The lowest BCUT2D eigenvalue weighted by molar-refractivity contribution is 0.747. The average molecular weight is 369 g/mol. The molecule has 3 aromatic rings. The van der Waals surface area contributed by atoms with E-state index in [0.717, 1.165) is 42.8 Å². The molecular weight excluding hydrogens is 346 g/mol. The predicted octanol–water partition coefficient (Wildman–Crippen LogP) is 2.06. The molecule has 0 aliphatic heterocycles. The second kappa shape index (κ2) is 9.10. The Balaban J connectivity index is 1.60. The summed E-state index contributed by atoms with van der Waals surface area (Å²) in [5.74, 6) is 2.48. The van der Waals surface area contributed by atoms with E-state index in [4.69, 9.17) is 0 Å². The number of thiophene rings is 1. The molecular formula is C18H23N7S. The van der Waals surface area contributed by atoms with E-state index in [1.165, 1.54) is 4.88 Å². The lowest BCUT2D eigenvalue weighted by Crippen LogP contribution is -2.38. The van der Waals surface area contributed by atoms with E-state index in [9.17, 15) is 0 Å². The van der Waals surface area contributed by atoms with Crippen LogP contribution in [0.25, 0.3) is 0 Å². The SMILES string of the molecule is Cc1nnc(CN=C(NCCc2ccccn2)NCc2cccs2)n1C. The molecule has 3 rings (SSSR count). The molecule has 0 saturated heterocycles. The third kappa shape index (κ3) is 5.13. The minimum absolute atomic E-state index is 0.473. The first-order chi connectivity index (χ1) is 12.7. The van der Waals surface area contributed by atoms with Gasteiger partial charge in [0.15, 0.2) is 11.8 Å². The molecule has 0 saturated carbocycles. The molecule has 0 atom stereocenters. The van der Waals surface area contributed by atoms with Crippen LogP contribution in [0.15, 0.2) is 46.9 Å². The van der Waals surface area contributed by atoms with Crippen LogP contribution in [0.1, 0.15) is 22.2 Å². The molecule has 7 nitrogen and oxygen atoms in total. The van der Waals surface area contributed by atoms with E-state index in [1.807, 2.05) is 42.9 Å². The molecule has 0 bridgehead atoms. The number of hydrogen-bond acceptors (Lipinski definition) is 5. The number of rotatable bonds is 7. The molecule has 3 aromatic heterocycles. The smallest absolute Gasteiger partial charge is 0.192 e. The lowest BCUT2D eigenvalue weighted by Gasteiger charge is -2.12. The van der Waals surface area contributed by atoms with Crippen molar-refractivity contribution in [2.45, 2.75) is 26.4 Å². The fourth-order valence-corrected chi connectivity index (χ4v) is 3.00. The van der Waals surface area contributed by atoms with Crippen molar-refractivity contribution in [3.05, 3.63) is 64.1 Å². The van der Waals surface area contributed by atoms with Gasteiger partial charge in [0.25, 0.3) is 0 Å². The molecule has 0 aromatic carbocycles. The fraction of sp³-hybridized carbons (Fsp3) is 0.333. The van der Waals surface area contributed by atoms with Crippen molar-refractivity contribution in [1.82, 2.24) is 30.4 Å². The zero-order chi connectivity index (χ0) is 18.2. The van der Waals surface area contributed by atoms with Gasteiger partial charge in [-0.2, -0.15) is 0 Å². The Morgan fingerprint density at radius 2 is 2.12 bits per heavy atom. The van der Waals surface area contributed by atoms with Crippen molar-refractivity contribution < 1.29 is 0 Å². The van der Waals surface area contributed by atoms with Gasteiger partial charge in [-0.05, 0) is 30.5 Å². The van der Waals surface area contributed by atoms with E-state index in [2.05, 4.69) is 48.3 Å². The van der Waals surface area contributed by atoms with Crippen LogP contribution in [0.4, 0.5) is 0 Å². The molecule has 136 valence electrons. The van der Waals surface area contributed by atoms with Crippen molar-refractivity contribution in [3.63, 3.8) is 0 Å². The highest BCUT2D eigenvalue weighted by Gasteiger charge is 2.06. The van der Waals surface area contributed by atoms with Crippen LogP contribution in [-0.2, 0) is 26.6 Å². The summed E-state index contributed by atoms with van der Waals surface area (Å²) in [6, 6.07) is 10.1. The summed E-state index contributed by atoms with van der Waals surface area (Å²) < 4.78 is 1.95. The van der Waals surface area contributed by atoms with Gasteiger partial charge >= 0.3 is 0 Å². The molecule has 0 aliphatic carbocycles. The largest absolute Gasteiger partial charge is 0.356 e. The van der Waals surface area contributed by atoms with Crippen molar-refractivity contribution in [2.75, 3.05) is 6.54 Å². The highest BCUT2D eigenvalue weighted by atomic mass is 32.1. The number of aryl methyl sites for hydroxylation is 1. The number of pyridine rings is 1. The normalized spacial score (nSPS) is 11.5. The Hall–Kier alpha value is -2.74. The molecule has 26 heavy (non-hydrogen) atoms. The molecule has 0 aliphatic rings. The van der Waals surface area contributed by atoms with E-state index in [-0.39, 0.29) is 0 Å². The van der Waals surface area contributed by atoms with Crippen LogP contribution in [0.3, 0.4) is 0 Å². The summed E-state index contributed by atoms with van der Waals surface area (Å²) in [6.07, 6.45) is 2.65. The van der Waals surface area contributed by atoms with E-state index in [1.54, 1.807) is 11.3 Å². The van der Waals surface area contributed by atoms with Crippen molar-refractivity contribution in [2.24, 2.45) is 12.0 Å². The monoisotopic (exact) mass is 369 g/mol. The summed E-state index contributed by atoms with van der Waals surface area (Å²) in [5, 5.41) is 17.1. The van der Waals surface area contributed by atoms with Crippen LogP contribution >= 0.6 is 11.3 Å². The first-order valence-corrected chi connectivity index (χ1v) is 9.39. The van der Waals surface area contributed by atoms with Crippen LogP contribution in [-0.4, -0.2) is 32.3 Å². The van der Waals surface area contributed by atoms with Gasteiger partial charge in [-0.25, -0.2) is 4.99 Å². The zero-order valence-electron chi connectivity index (χ0n) is 15.0.